The Kier molecular flexibility index (Phi) is 4.84. The molecule has 8 heteroatoms. The normalized spacial score (nSPS) is 18.3. The number of aromatic nitrogens is 1. The van der Waals surface area contributed by atoms with Gasteiger partial charge in [0.2, 0.25) is 15.9 Å². The Labute approximate surface area is 158 Å². The van der Waals surface area contributed by atoms with Crippen molar-refractivity contribution >= 4 is 15.9 Å². The van der Waals surface area contributed by atoms with Crippen molar-refractivity contribution in [2.24, 2.45) is 0 Å². The van der Waals surface area contributed by atoms with Gasteiger partial charge < -0.3 is 9.64 Å². The van der Waals surface area contributed by atoms with Gasteiger partial charge in [0, 0.05) is 44.0 Å². The first-order valence-electron chi connectivity index (χ1n) is 9.01. The maximum atomic E-state index is 12.8. The predicted molar refractivity (Wildman–Crippen MR) is 100 cm³/mol. The second kappa shape index (κ2) is 7.28. The summed E-state index contributed by atoms with van der Waals surface area (Å²) in [5.74, 6) is 0.875. The number of nitrogens with zero attached hydrogens (tertiary/aromatic N) is 3. The van der Waals surface area contributed by atoms with Gasteiger partial charge in [-0.3, -0.25) is 4.79 Å². The zero-order valence-electron chi connectivity index (χ0n) is 14.8. The number of piperazine rings is 1. The van der Waals surface area contributed by atoms with Crippen molar-refractivity contribution in [1.82, 2.24) is 14.2 Å². The minimum Gasteiger partial charge on any atom is -0.439 e. The Morgan fingerprint density at radius 2 is 1.81 bits per heavy atom. The van der Waals surface area contributed by atoms with Crippen molar-refractivity contribution in [3.05, 3.63) is 54.2 Å². The van der Waals surface area contributed by atoms with E-state index in [-0.39, 0.29) is 11.2 Å². The summed E-state index contributed by atoms with van der Waals surface area (Å²) in [6.45, 7) is 1.51. The predicted octanol–water partition coefficient (Wildman–Crippen LogP) is 2.12. The number of hydrogen-bond acceptors (Lipinski definition) is 5. The van der Waals surface area contributed by atoms with E-state index < -0.39 is 10.0 Å². The van der Waals surface area contributed by atoms with Gasteiger partial charge in [0.05, 0.1) is 5.25 Å². The van der Waals surface area contributed by atoms with Gasteiger partial charge in [-0.05, 0) is 37.1 Å². The average Bonchev–Trinajstić information content (AvgIpc) is 3.54. The van der Waals surface area contributed by atoms with Crippen molar-refractivity contribution in [3.63, 3.8) is 0 Å². The molecule has 1 aromatic heterocycles. The smallest absolute Gasteiger partial charge is 0.254 e. The van der Waals surface area contributed by atoms with Gasteiger partial charge in [-0.2, -0.15) is 4.31 Å². The molecule has 27 heavy (non-hydrogen) atoms. The minimum absolute atomic E-state index is 0.120. The fraction of sp³-hybridized carbons (Fsp3) is 0.368. The second-order valence-electron chi connectivity index (χ2n) is 6.73. The largest absolute Gasteiger partial charge is 0.439 e. The van der Waals surface area contributed by atoms with E-state index in [0.29, 0.717) is 43.4 Å². The molecule has 1 amide bonds. The topological polar surface area (TPSA) is 79.8 Å². The van der Waals surface area contributed by atoms with Crippen LogP contribution < -0.4 is 4.74 Å². The highest BCUT2D eigenvalue weighted by Crippen LogP contribution is 2.31. The monoisotopic (exact) mass is 387 g/mol. The number of benzene rings is 1. The summed E-state index contributed by atoms with van der Waals surface area (Å²) < 4.78 is 31.8. The molecule has 0 atom stereocenters. The summed E-state index contributed by atoms with van der Waals surface area (Å²) >= 11 is 0. The lowest BCUT2D eigenvalue weighted by Crippen LogP contribution is -2.51. The first-order valence-corrected chi connectivity index (χ1v) is 10.5. The van der Waals surface area contributed by atoms with Crippen molar-refractivity contribution < 1.29 is 17.9 Å². The molecule has 142 valence electrons. The lowest BCUT2D eigenvalue weighted by atomic mass is 10.1. The van der Waals surface area contributed by atoms with Gasteiger partial charge in [0.1, 0.15) is 5.75 Å². The lowest BCUT2D eigenvalue weighted by Gasteiger charge is -2.34. The zero-order chi connectivity index (χ0) is 18.9. The number of carbonyl (C=O) groups excluding carboxylic acids is 1. The van der Waals surface area contributed by atoms with E-state index in [1.165, 1.54) is 4.31 Å². The first kappa shape index (κ1) is 17.9. The molecule has 2 aliphatic rings. The quantitative estimate of drug-likeness (QED) is 0.785. The molecule has 2 fully saturated rings. The third-order valence-corrected chi connectivity index (χ3v) is 7.17. The molecule has 2 aromatic rings. The van der Waals surface area contributed by atoms with Gasteiger partial charge in [-0.1, -0.05) is 12.1 Å². The molecule has 0 radical (unpaired) electrons. The van der Waals surface area contributed by atoms with Crippen LogP contribution in [0.3, 0.4) is 0 Å². The summed E-state index contributed by atoms with van der Waals surface area (Å²) in [6.07, 6.45) is 3.15. The molecule has 4 rings (SSSR count). The zero-order valence-corrected chi connectivity index (χ0v) is 15.6. The molecule has 0 N–H and O–H groups in total. The molecular weight excluding hydrogens is 366 g/mol. The van der Waals surface area contributed by atoms with E-state index in [0.717, 1.165) is 12.8 Å². The molecule has 1 aliphatic carbocycles. The van der Waals surface area contributed by atoms with E-state index >= 15 is 0 Å². The SMILES string of the molecule is O=C(c1cccc(Oc2ccccn2)c1)N1CCN(S(=O)(=O)C2CC2)CC1. The minimum atomic E-state index is -3.18. The third-order valence-electron chi connectivity index (χ3n) is 4.77. The fourth-order valence-electron chi connectivity index (χ4n) is 3.13. The Bertz CT molecular complexity index is 921. The van der Waals surface area contributed by atoms with E-state index in [2.05, 4.69) is 4.98 Å². The average molecular weight is 387 g/mol. The Morgan fingerprint density at radius 3 is 2.48 bits per heavy atom. The van der Waals surface area contributed by atoms with Crippen LogP contribution in [0.5, 0.6) is 11.6 Å². The van der Waals surface area contributed by atoms with E-state index in [4.69, 9.17) is 4.74 Å². The van der Waals surface area contributed by atoms with Gasteiger partial charge in [0.15, 0.2) is 0 Å². The van der Waals surface area contributed by atoms with Crippen LogP contribution in [0.15, 0.2) is 48.7 Å². The van der Waals surface area contributed by atoms with Crippen molar-refractivity contribution in [3.8, 4) is 11.6 Å². The van der Waals surface area contributed by atoms with E-state index in [1.54, 1.807) is 47.5 Å². The highest BCUT2D eigenvalue weighted by Gasteiger charge is 2.41. The second-order valence-corrected chi connectivity index (χ2v) is 8.95. The fourth-order valence-corrected chi connectivity index (χ4v) is 4.95. The van der Waals surface area contributed by atoms with Crippen LogP contribution in [0.25, 0.3) is 0 Å². The van der Waals surface area contributed by atoms with Gasteiger partial charge in [-0.25, -0.2) is 13.4 Å². The van der Waals surface area contributed by atoms with Crippen LogP contribution >= 0.6 is 0 Å². The molecule has 0 spiro atoms. The number of pyridine rings is 1. The molecule has 1 aliphatic heterocycles. The standard InChI is InChI=1S/C19H21N3O4S/c23-19(21-10-12-22(13-11-21)27(24,25)17-7-8-17)15-4-3-5-16(14-15)26-18-6-1-2-9-20-18/h1-6,9,14,17H,7-8,10-13H2. The first-order chi connectivity index (χ1) is 13.0. The number of rotatable bonds is 5. The van der Waals surface area contributed by atoms with E-state index in [1.807, 2.05) is 6.07 Å². The molecule has 1 saturated carbocycles. The number of sulfonamides is 1. The summed E-state index contributed by atoms with van der Waals surface area (Å²) in [5.41, 5.74) is 0.516. The van der Waals surface area contributed by atoms with E-state index in [9.17, 15) is 13.2 Å². The van der Waals surface area contributed by atoms with Crippen LogP contribution in [0, 0.1) is 0 Å². The Morgan fingerprint density at radius 1 is 1.04 bits per heavy atom. The Balaban J connectivity index is 1.41. The van der Waals surface area contributed by atoms with Gasteiger partial charge in [0.25, 0.3) is 5.91 Å². The van der Waals surface area contributed by atoms with Crippen LogP contribution in [-0.4, -0.2) is 59.9 Å². The van der Waals surface area contributed by atoms with Crippen molar-refractivity contribution in [1.29, 1.82) is 0 Å². The summed E-state index contributed by atoms with van der Waals surface area (Å²) in [4.78, 5) is 18.6. The number of amides is 1. The molecular formula is C19H21N3O4S. The van der Waals surface area contributed by atoms with Crippen LogP contribution in [-0.2, 0) is 10.0 Å². The highest BCUT2D eigenvalue weighted by molar-refractivity contribution is 7.90. The summed E-state index contributed by atoms with van der Waals surface area (Å²) in [6, 6.07) is 12.3. The molecule has 7 nitrogen and oxygen atoms in total. The molecule has 0 unspecified atom stereocenters. The summed E-state index contributed by atoms with van der Waals surface area (Å²) in [7, 11) is -3.18. The van der Waals surface area contributed by atoms with Gasteiger partial charge in [-0.15, -0.1) is 0 Å². The molecule has 1 aromatic carbocycles. The molecule has 0 bridgehead atoms. The maximum absolute atomic E-state index is 12.8. The summed E-state index contributed by atoms with van der Waals surface area (Å²) in [5, 5.41) is -0.208. The molecule has 2 heterocycles. The van der Waals surface area contributed by atoms with Crippen molar-refractivity contribution in [2.75, 3.05) is 26.2 Å². The van der Waals surface area contributed by atoms with Crippen LogP contribution in [0.4, 0.5) is 0 Å². The van der Waals surface area contributed by atoms with Crippen LogP contribution in [0.2, 0.25) is 0 Å². The number of hydrogen-bond donors (Lipinski definition) is 0. The van der Waals surface area contributed by atoms with Crippen LogP contribution in [0.1, 0.15) is 23.2 Å². The Hall–Kier alpha value is -2.45. The lowest BCUT2D eigenvalue weighted by molar-refractivity contribution is 0.0697. The molecule has 1 saturated heterocycles. The van der Waals surface area contributed by atoms with Gasteiger partial charge >= 0.3 is 0 Å². The highest BCUT2D eigenvalue weighted by atomic mass is 32.2. The number of ether oxygens (including phenoxy) is 1. The third kappa shape index (κ3) is 3.96. The number of carbonyl (C=O) groups is 1. The maximum Gasteiger partial charge on any atom is 0.254 e. The van der Waals surface area contributed by atoms with Crippen molar-refractivity contribution in [2.45, 2.75) is 18.1 Å².